The molecule has 0 aromatic carbocycles. The molecule has 72 valence electrons. The molecule has 0 radical (unpaired) electrons. The van der Waals surface area contributed by atoms with E-state index in [1.807, 2.05) is 22.6 Å². The first kappa shape index (κ1) is 10.6. The van der Waals surface area contributed by atoms with Crippen molar-refractivity contribution < 1.29 is 8.78 Å². The van der Waals surface area contributed by atoms with Crippen LogP contribution in [0.4, 0.5) is 14.5 Å². The van der Waals surface area contributed by atoms with Gasteiger partial charge in [-0.15, -0.1) is 0 Å². The Morgan fingerprint density at radius 2 is 2.15 bits per heavy atom. The largest absolute Gasteiger partial charge is 0.398 e. The van der Waals surface area contributed by atoms with Crippen molar-refractivity contribution in [3.05, 3.63) is 21.0 Å². The zero-order valence-corrected chi connectivity index (χ0v) is 8.76. The van der Waals surface area contributed by atoms with Crippen LogP contribution in [0.1, 0.15) is 17.8 Å². The van der Waals surface area contributed by atoms with Crippen molar-refractivity contribution in [2.45, 2.75) is 13.0 Å². The van der Waals surface area contributed by atoms with E-state index in [-0.39, 0.29) is 12.2 Å². The Labute approximate surface area is 87.7 Å². The number of anilines is 1. The summed E-state index contributed by atoms with van der Waals surface area (Å²) in [7, 11) is 0. The van der Waals surface area contributed by atoms with Crippen LogP contribution in [-0.2, 0) is 6.54 Å². The van der Waals surface area contributed by atoms with Crippen molar-refractivity contribution in [3.8, 4) is 0 Å². The maximum atomic E-state index is 12.2. The lowest BCUT2D eigenvalue weighted by Crippen LogP contribution is -2.08. The lowest BCUT2D eigenvalue weighted by Gasteiger charge is -2.07. The Morgan fingerprint density at radius 3 is 2.62 bits per heavy atom. The molecule has 6 heteroatoms. The van der Waals surface area contributed by atoms with Gasteiger partial charge in [-0.2, -0.15) is 0 Å². The summed E-state index contributed by atoms with van der Waals surface area (Å²) in [6, 6.07) is 1.17. The molecular weight excluding hydrogens is 291 g/mol. The van der Waals surface area contributed by atoms with Gasteiger partial charge in [0, 0.05) is 12.2 Å². The molecule has 1 aromatic rings. The van der Waals surface area contributed by atoms with E-state index >= 15 is 0 Å². The number of alkyl halides is 2. The third-order valence-electron chi connectivity index (χ3n) is 1.49. The zero-order valence-electron chi connectivity index (χ0n) is 6.60. The minimum Gasteiger partial charge on any atom is -0.398 e. The van der Waals surface area contributed by atoms with Crippen LogP contribution >= 0.6 is 22.6 Å². The van der Waals surface area contributed by atoms with Crippen LogP contribution in [0.25, 0.3) is 0 Å². The highest BCUT2D eigenvalue weighted by Crippen LogP contribution is 2.24. The van der Waals surface area contributed by atoms with Gasteiger partial charge in [0.15, 0.2) is 0 Å². The van der Waals surface area contributed by atoms with Gasteiger partial charge in [0.2, 0.25) is 0 Å². The van der Waals surface area contributed by atoms with E-state index in [1.54, 1.807) is 0 Å². The predicted molar refractivity (Wildman–Crippen MR) is 54.2 cm³/mol. The molecule has 0 fully saturated rings. The van der Waals surface area contributed by atoms with Gasteiger partial charge in [-0.3, -0.25) is 0 Å². The molecule has 0 saturated carbocycles. The predicted octanol–water partition coefficient (Wildman–Crippen LogP) is 1.66. The Hall–Kier alpha value is -0.500. The summed E-state index contributed by atoms with van der Waals surface area (Å²) >= 11 is 1.93. The van der Waals surface area contributed by atoms with Crippen LogP contribution in [-0.4, -0.2) is 4.98 Å². The number of pyridine rings is 1. The van der Waals surface area contributed by atoms with Gasteiger partial charge in [-0.05, 0) is 28.7 Å². The fraction of sp³-hybridized carbons (Fsp3) is 0.286. The Balaban J connectivity index is 3.22. The van der Waals surface area contributed by atoms with E-state index in [0.717, 1.165) is 0 Å². The highest BCUT2D eigenvalue weighted by Gasteiger charge is 2.13. The van der Waals surface area contributed by atoms with Crippen molar-refractivity contribution >= 4 is 28.3 Å². The molecule has 3 nitrogen and oxygen atoms in total. The standard InChI is InChI=1S/C7H8F2IN3/c8-7(9)4-1-3(12)6(10)5(2-11)13-4/h1,7H,2,11H2,(H2,12,13). The third kappa shape index (κ3) is 2.25. The molecule has 0 unspecified atom stereocenters. The summed E-state index contributed by atoms with van der Waals surface area (Å²) in [6.07, 6.45) is -2.61. The van der Waals surface area contributed by atoms with E-state index < -0.39 is 6.43 Å². The lowest BCUT2D eigenvalue weighted by molar-refractivity contribution is 0.146. The molecule has 0 spiro atoms. The van der Waals surface area contributed by atoms with Gasteiger partial charge in [0.25, 0.3) is 6.43 Å². The Kier molecular flexibility index (Phi) is 3.37. The summed E-state index contributed by atoms with van der Waals surface area (Å²) in [4.78, 5) is 3.69. The topological polar surface area (TPSA) is 64.9 Å². The summed E-state index contributed by atoms with van der Waals surface area (Å²) < 4.78 is 25.1. The fourth-order valence-electron chi connectivity index (χ4n) is 0.874. The first-order valence-electron chi connectivity index (χ1n) is 3.49. The quantitative estimate of drug-likeness (QED) is 0.816. The van der Waals surface area contributed by atoms with Crippen molar-refractivity contribution in [2.75, 3.05) is 5.73 Å². The smallest absolute Gasteiger partial charge is 0.280 e. The second-order valence-electron chi connectivity index (χ2n) is 2.40. The molecule has 1 rings (SSSR count). The Bertz CT molecular complexity index is 317. The van der Waals surface area contributed by atoms with E-state index in [4.69, 9.17) is 11.5 Å². The first-order valence-corrected chi connectivity index (χ1v) is 4.57. The minimum absolute atomic E-state index is 0.114. The van der Waals surface area contributed by atoms with Crippen LogP contribution in [0.5, 0.6) is 0 Å². The van der Waals surface area contributed by atoms with Gasteiger partial charge < -0.3 is 11.5 Å². The summed E-state index contributed by atoms with van der Waals surface area (Å²) in [5, 5.41) is 0. The number of aromatic nitrogens is 1. The molecule has 0 aliphatic heterocycles. The number of halogens is 3. The highest BCUT2D eigenvalue weighted by molar-refractivity contribution is 14.1. The number of rotatable bonds is 2. The highest BCUT2D eigenvalue weighted by atomic mass is 127. The van der Waals surface area contributed by atoms with E-state index in [2.05, 4.69) is 4.98 Å². The number of nitrogen functional groups attached to an aromatic ring is 1. The van der Waals surface area contributed by atoms with Crippen molar-refractivity contribution in [3.63, 3.8) is 0 Å². The molecule has 0 atom stereocenters. The maximum Gasteiger partial charge on any atom is 0.280 e. The normalized spacial score (nSPS) is 10.8. The monoisotopic (exact) mass is 299 g/mol. The van der Waals surface area contributed by atoms with Crippen LogP contribution in [0, 0.1) is 3.57 Å². The number of nitrogens with two attached hydrogens (primary N) is 2. The molecule has 0 bridgehead atoms. The molecule has 1 aromatic heterocycles. The zero-order chi connectivity index (χ0) is 10.0. The molecule has 4 N–H and O–H groups in total. The molecule has 0 aliphatic rings. The SMILES string of the molecule is NCc1nc(C(F)F)cc(N)c1I. The van der Waals surface area contributed by atoms with E-state index in [0.29, 0.717) is 15.0 Å². The molecule has 1 heterocycles. The number of hydrogen-bond donors (Lipinski definition) is 2. The van der Waals surface area contributed by atoms with Crippen molar-refractivity contribution in [1.29, 1.82) is 0 Å². The maximum absolute atomic E-state index is 12.2. The molecule has 0 saturated heterocycles. The molecular formula is C7H8F2IN3. The summed E-state index contributed by atoms with van der Waals surface area (Å²) in [6.45, 7) is 0.114. The van der Waals surface area contributed by atoms with Crippen LogP contribution in [0.2, 0.25) is 0 Å². The van der Waals surface area contributed by atoms with Crippen molar-refractivity contribution in [2.24, 2.45) is 5.73 Å². The lowest BCUT2D eigenvalue weighted by atomic mass is 10.2. The van der Waals surface area contributed by atoms with Crippen molar-refractivity contribution in [1.82, 2.24) is 4.98 Å². The summed E-state index contributed by atoms with van der Waals surface area (Å²) in [5.74, 6) is 0. The van der Waals surface area contributed by atoms with Gasteiger partial charge >= 0.3 is 0 Å². The molecule has 0 aliphatic carbocycles. The number of hydrogen-bond acceptors (Lipinski definition) is 3. The fourth-order valence-corrected chi connectivity index (χ4v) is 1.37. The number of nitrogens with zero attached hydrogens (tertiary/aromatic N) is 1. The van der Waals surface area contributed by atoms with Gasteiger partial charge in [0.05, 0.1) is 9.26 Å². The summed E-state index contributed by atoms with van der Waals surface area (Å²) in [5.41, 5.74) is 11.2. The van der Waals surface area contributed by atoms with E-state index in [1.165, 1.54) is 6.07 Å². The first-order chi connectivity index (χ1) is 6.06. The molecule has 13 heavy (non-hydrogen) atoms. The van der Waals surface area contributed by atoms with Crippen LogP contribution in [0.15, 0.2) is 6.07 Å². The molecule has 0 amide bonds. The average molecular weight is 299 g/mol. The third-order valence-corrected chi connectivity index (χ3v) is 2.74. The average Bonchev–Trinajstić information content (AvgIpc) is 2.09. The second kappa shape index (κ2) is 4.14. The van der Waals surface area contributed by atoms with Gasteiger partial charge in [-0.25, -0.2) is 13.8 Å². The van der Waals surface area contributed by atoms with E-state index in [9.17, 15) is 8.78 Å². The van der Waals surface area contributed by atoms with Crippen LogP contribution < -0.4 is 11.5 Å². The Morgan fingerprint density at radius 1 is 1.54 bits per heavy atom. The second-order valence-corrected chi connectivity index (χ2v) is 3.48. The van der Waals surface area contributed by atoms with Crippen LogP contribution in [0.3, 0.4) is 0 Å². The minimum atomic E-state index is -2.61. The van der Waals surface area contributed by atoms with Gasteiger partial charge in [0.1, 0.15) is 5.69 Å². The van der Waals surface area contributed by atoms with Gasteiger partial charge in [-0.1, -0.05) is 0 Å².